The molecule has 10 heteroatoms. The summed E-state index contributed by atoms with van der Waals surface area (Å²) in [6, 6.07) is 11.8. The number of rotatable bonds is 7. The van der Waals surface area contributed by atoms with E-state index in [9.17, 15) is 13.2 Å². The van der Waals surface area contributed by atoms with Gasteiger partial charge in [-0.25, -0.2) is 8.42 Å². The minimum absolute atomic E-state index is 0.00665. The fourth-order valence-electron chi connectivity index (χ4n) is 2.73. The largest absolute Gasteiger partial charge is 0.495 e. The Morgan fingerprint density at radius 1 is 1.20 bits per heavy atom. The van der Waals surface area contributed by atoms with Crippen molar-refractivity contribution in [3.8, 4) is 17.1 Å². The van der Waals surface area contributed by atoms with Crippen molar-refractivity contribution in [1.29, 1.82) is 0 Å². The lowest BCUT2D eigenvalue weighted by atomic mass is 10.1. The lowest BCUT2D eigenvalue weighted by Crippen LogP contribution is -2.26. The van der Waals surface area contributed by atoms with Gasteiger partial charge in [0.15, 0.2) is 0 Å². The van der Waals surface area contributed by atoms with Crippen molar-refractivity contribution in [2.75, 3.05) is 19.5 Å². The molecule has 3 rings (SSSR count). The molecule has 0 radical (unpaired) electrons. The number of nitrogens with zero attached hydrogens (tertiary/aromatic N) is 3. The van der Waals surface area contributed by atoms with Crippen molar-refractivity contribution in [1.82, 2.24) is 14.4 Å². The van der Waals surface area contributed by atoms with Crippen LogP contribution < -0.4 is 10.1 Å². The van der Waals surface area contributed by atoms with Gasteiger partial charge in [-0.1, -0.05) is 35.0 Å². The SMILES string of the molecule is COc1ccc(S(=O)(=O)N(C)Cc2nc(-c3ccc(C)cc3)no2)cc1NC(C)=O. The van der Waals surface area contributed by atoms with Gasteiger partial charge < -0.3 is 14.6 Å². The highest BCUT2D eigenvalue weighted by molar-refractivity contribution is 7.89. The number of amides is 1. The molecule has 1 aromatic heterocycles. The fourth-order valence-corrected chi connectivity index (χ4v) is 3.88. The molecular formula is C20H22N4O5S. The second-order valence-corrected chi connectivity index (χ2v) is 8.73. The molecule has 1 heterocycles. The first-order valence-corrected chi connectivity index (χ1v) is 10.5. The van der Waals surface area contributed by atoms with Gasteiger partial charge in [-0.2, -0.15) is 9.29 Å². The molecule has 0 bridgehead atoms. The van der Waals surface area contributed by atoms with Crippen LogP contribution in [0, 0.1) is 6.92 Å². The Kier molecular flexibility index (Phi) is 6.18. The predicted octanol–water partition coefficient (Wildman–Crippen LogP) is 2.83. The summed E-state index contributed by atoms with van der Waals surface area (Å²) in [6.07, 6.45) is 0. The number of hydrogen-bond donors (Lipinski definition) is 1. The van der Waals surface area contributed by atoms with Crippen molar-refractivity contribution < 1.29 is 22.5 Å². The molecular weight excluding hydrogens is 408 g/mol. The first kappa shape index (κ1) is 21.5. The number of aryl methyl sites for hydroxylation is 1. The van der Waals surface area contributed by atoms with Gasteiger partial charge in [0.1, 0.15) is 5.75 Å². The zero-order valence-electron chi connectivity index (χ0n) is 17.0. The van der Waals surface area contributed by atoms with E-state index in [1.54, 1.807) is 0 Å². The number of hydrogen-bond acceptors (Lipinski definition) is 7. The number of aromatic nitrogens is 2. The van der Waals surface area contributed by atoms with Gasteiger partial charge in [0.25, 0.3) is 0 Å². The van der Waals surface area contributed by atoms with Gasteiger partial charge in [0.05, 0.1) is 24.2 Å². The molecule has 30 heavy (non-hydrogen) atoms. The summed E-state index contributed by atoms with van der Waals surface area (Å²) in [6.45, 7) is 3.19. The summed E-state index contributed by atoms with van der Waals surface area (Å²) in [7, 11) is -1.04. The van der Waals surface area contributed by atoms with Gasteiger partial charge in [-0.3, -0.25) is 4.79 Å². The molecule has 0 unspecified atom stereocenters. The first-order valence-electron chi connectivity index (χ1n) is 9.02. The number of carbonyl (C=O) groups excluding carboxylic acids is 1. The number of methoxy groups -OCH3 is 1. The molecule has 0 saturated carbocycles. The summed E-state index contributed by atoms with van der Waals surface area (Å²) in [5.41, 5.74) is 2.14. The molecule has 1 amide bonds. The number of carbonyl (C=O) groups is 1. The van der Waals surface area contributed by atoms with E-state index in [2.05, 4.69) is 15.5 Å². The maximum atomic E-state index is 13.0. The highest BCUT2D eigenvalue weighted by Gasteiger charge is 2.24. The molecule has 9 nitrogen and oxygen atoms in total. The Morgan fingerprint density at radius 3 is 2.53 bits per heavy atom. The predicted molar refractivity (Wildman–Crippen MR) is 110 cm³/mol. The van der Waals surface area contributed by atoms with E-state index < -0.39 is 10.0 Å². The van der Waals surface area contributed by atoms with Crippen molar-refractivity contribution in [2.24, 2.45) is 0 Å². The average molecular weight is 430 g/mol. The Labute approximate surface area is 174 Å². The molecule has 1 N–H and O–H groups in total. The summed E-state index contributed by atoms with van der Waals surface area (Å²) >= 11 is 0. The van der Waals surface area contributed by atoms with Crippen molar-refractivity contribution in [2.45, 2.75) is 25.3 Å². The van der Waals surface area contributed by atoms with Crippen molar-refractivity contribution in [3.05, 3.63) is 53.9 Å². The van der Waals surface area contributed by atoms with Crippen LogP contribution in [-0.2, 0) is 21.4 Å². The topological polar surface area (TPSA) is 115 Å². The second kappa shape index (κ2) is 8.64. The molecule has 3 aromatic rings. The van der Waals surface area contributed by atoms with E-state index in [1.807, 2.05) is 31.2 Å². The maximum Gasteiger partial charge on any atom is 0.243 e. The molecule has 0 atom stereocenters. The Balaban J connectivity index is 1.82. The van der Waals surface area contributed by atoms with Crippen LogP contribution in [0.3, 0.4) is 0 Å². The van der Waals surface area contributed by atoms with Crippen LogP contribution in [0.5, 0.6) is 5.75 Å². The van der Waals surface area contributed by atoms with Gasteiger partial charge in [0, 0.05) is 19.5 Å². The molecule has 0 fully saturated rings. The number of benzene rings is 2. The summed E-state index contributed by atoms with van der Waals surface area (Å²) in [5, 5.41) is 6.48. The zero-order chi connectivity index (χ0) is 21.9. The van der Waals surface area contributed by atoms with E-state index in [-0.39, 0.29) is 28.9 Å². The lowest BCUT2D eigenvalue weighted by Gasteiger charge is -2.17. The van der Waals surface area contributed by atoms with Gasteiger partial charge >= 0.3 is 0 Å². The van der Waals surface area contributed by atoms with Crippen LogP contribution in [0.15, 0.2) is 51.9 Å². The van der Waals surface area contributed by atoms with Crippen LogP contribution >= 0.6 is 0 Å². The third kappa shape index (κ3) is 4.66. The molecule has 158 valence electrons. The van der Waals surface area contributed by atoms with Gasteiger partial charge in [-0.15, -0.1) is 0 Å². The van der Waals surface area contributed by atoms with E-state index in [0.717, 1.165) is 15.4 Å². The highest BCUT2D eigenvalue weighted by atomic mass is 32.2. The number of sulfonamides is 1. The number of anilines is 1. The van der Waals surface area contributed by atoms with Crippen LogP contribution in [-0.4, -0.2) is 42.9 Å². The molecule has 0 saturated heterocycles. The monoisotopic (exact) mass is 430 g/mol. The van der Waals surface area contributed by atoms with Crippen LogP contribution in [0.2, 0.25) is 0 Å². The highest BCUT2D eigenvalue weighted by Crippen LogP contribution is 2.29. The van der Waals surface area contributed by atoms with Crippen molar-refractivity contribution >= 4 is 21.6 Å². The smallest absolute Gasteiger partial charge is 0.243 e. The maximum absolute atomic E-state index is 13.0. The van der Waals surface area contributed by atoms with E-state index in [4.69, 9.17) is 9.26 Å². The third-order valence-electron chi connectivity index (χ3n) is 4.33. The third-order valence-corrected chi connectivity index (χ3v) is 6.12. The average Bonchev–Trinajstić information content (AvgIpc) is 3.16. The van der Waals surface area contributed by atoms with Crippen molar-refractivity contribution in [3.63, 3.8) is 0 Å². The number of nitrogens with one attached hydrogen (secondary N) is 1. The molecule has 0 aliphatic heterocycles. The number of ether oxygens (including phenoxy) is 1. The van der Waals surface area contributed by atoms with E-state index >= 15 is 0 Å². The zero-order valence-corrected chi connectivity index (χ0v) is 17.9. The molecule has 0 aliphatic carbocycles. The molecule has 2 aromatic carbocycles. The normalized spacial score (nSPS) is 11.5. The molecule has 0 spiro atoms. The van der Waals surface area contributed by atoms with Gasteiger partial charge in [0.2, 0.25) is 27.6 Å². The van der Waals surface area contributed by atoms with Gasteiger partial charge in [-0.05, 0) is 25.1 Å². The lowest BCUT2D eigenvalue weighted by molar-refractivity contribution is -0.114. The van der Waals surface area contributed by atoms with Crippen LogP contribution in [0.1, 0.15) is 18.4 Å². The Hall–Kier alpha value is -3.24. The van der Waals surface area contributed by atoms with E-state index in [1.165, 1.54) is 39.3 Å². The summed E-state index contributed by atoms with van der Waals surface area (Å²) in [4.78, 5) is 15.7. The quantitative estimate of drug-likeness (QED) is 0.613. The fraction of sp³-hybridized carbons (Fsp3) is 0.250. The minimum atomic E-state index is -3.88. The van der Waals surface area contributed by atoms with E-state index in [0.29, 0.717) is 11.6 Å². The molecule has 0 aliphatic rings. The minimum Gasteiger partial charge on any atom is -0.495 e. The van der Waals surface area contributed by atoms with Crippen LogP contribution in [0.4, 0.5) is 5.69 Å². The first-order chi connectivity index (χ1) is 14.2. The summed E-state index contributed by atoms with van der Waals surface area (Å²) in [5.74, 6) is 0.553. The Morgan fingerprint density at radius 2 is 1.90 bits per heavy atom. The summed E-state index contributed by atoms with van der Waals surface area (Å²) < 4.78 is 37.4. The second-order valence-electron chi connectivity index (χ2n) is 6.68. The van der Waals surface area contributed by atoms with Crippen LogP contribution in [0.25, 0.3) is 11.4 Å². The Bertz CT molecular complexity index is 1160. The standard InChI is InChI=1S/C20H22N4O5S/c1-13-5-7-15(8-6-13)20-22-19(29-23-20)12-24(3)30(26,27)16-9-10-18(28-4)17(11-16)21-14(2)25/h5-11H,12H2,1-4H3,(H,21,25).